The Morgan fingerprint density at radius 2 is 2.29 bits per heavy atom. The van der Waals surface area contributed by atoms with Crippen molar-refractivity contribution in [1.29, 1.82) is 0 Å². The molecule has 2 N–H and O–H groups in total. The van der Waals surface area contributed by atoms with Crippen molar-refractivity contribution >= 4 is 27.6 Å². The topological polar surface area (TPSA) is 79.4 Å². The van der Waals surface area contributed by atoms with E-state index in [4.69, 9.17) is 0 Å². The van der Waals surface area contributed by atoms with Gasteiger partial charge in [0, 0.05) is 12.4 Å². The molecule has 0 saturated heterocycles. The number of fused-ring (bicyclic) bond motifs is 1. The molecular weight excluding hydrogens is 236 g/mol. The van der Waals surface area contributed by atoms with Crippen LogP contribution in [0.3, 0.4) is 0 Å². The van der Waals surface area contributed by atoms with Gasteiger partial charge in [0.15, 0.2) is 0 Å². The third-order valence-electron chi connectivity index (χ3n) is 2.42. The van der Waals surface area contributed by atoms with Gasteiger partial charge < -0.3 is 10.3 Å². The second-order valence-electron chi connectivity index (χ2n) is 3.56. The number of rotatable bonds is 3. The van der Waals surface area contributed by atoms with Crippen LogP contribution in [0.15, 0.2) is 18.7 Å². The molecule has 6 nitrogen and oxygen atoms in total. The number of hydrogen-bond donors (Lipinski definition) is 2. The van der Waals surface area contributed by atoms with E-state index in [1.54, 1.807) is 18.7 Å². The third kappa shape index (κ3) is 1.84. The molecule has 0 bridgehead atoms. The maximum Gasteiger partial charge on any atom is 0.149 e. The van der Waals surface area contributed by atoms with Gasteiger partial charge in [-0.1, -0.05) is 0 Å². The Morgan fingerprint density at radius 3 is 3.12 bits per heavy atom. The van der Waals surface area contributed by atoms with E-state index in [0.717, 1.165) is 27.6 Å². The highest BCUT2D eigenvalue weighted by molar-refractivity contribution is 7.13. The highest BCUT2D eigenvalue weighted by Gasteiger charge is 2.09. The Bertz CT molecular complexity index is 629. The Labute approximate surface area is 101 Å². The number of aromatic amines is 1. The van der Waals surface area contributed by atoms with Crippen molar-refractivity contribution in [3.05, 3.63) is 30.2 Å². The molecule has 0 amide bonds. The molecule has 86 valence electrons. The number of hydrogen-bond acceptors (Lipinski definition) is 6. The van der Waals surface area contributed by atoms with Gasteiger partial charge >= 0.3 is 0 Å². The first kappa shape index (κ1) is 10.2. The summed E-state index contributed by atoms with van der Waals surface area (Å²) < 4.78 is 4.28. The van der Waals surface area contributed by atoms with Gasteiger partial charge in [0.05, 0.1) is 17.6 Å². The largest absolute Gasteiger partial charge is 0.362 e. The molecule has 0 atom stereocenters. The van der Waals surface area contributed by atoms with Gasteiger partial charge in [0.1, 0.15) is 22.8 Å². The number of aryl methyl sites for hydroxylation is 1. The predicted octanol–water partition coefficient (Wildman–Crippen LogP) is 1.73. The lowest BCUT2D eigenvalue weighted by molar-refractivity contribution is 0.988. The van der Waals surface area contributed by atoms with Crippen LogP contribution in [0.4, 0.5) is 5.82 Å². The van der Waals surface area contributed by atoms with Gasteiger partial charge in [-0.2, -0.15) is 4.37 Å². The minimum absolute atomic E-state index is 0.606. The Hall–Kier alpha value is -2.02. The average molecular weight is 246 g/mol. The summed E-state index contributed by atoms with van der Waals surface area (Å²) >= 11 is 1.39. The third-order valence-corrected chi connectivity index (χ3v) is 3.27. The fourth-order valence-corrected chi connectivity index (χ4v) is 2.36. The fourth-order valence-electron chi connectivity index (χ4n) is 1.62. The SMILES string of the molecule is Cc1nsc2ncnc(NCc3ncc[nH]3)c12. The number of imidazole rings is 1. The minimum Gasteiger partial charge on any atom is -0.362 e. The van der Waals surface area contributed by atoms with Crippen LogP contribution in [0.25, 0.3) is 10.2 Å². The number of H-pyrrole nitrogens is 1. The molecule has 0 saturated carbocycles. The maximum atomic E-state index is 4.28. The Balaban J connectivity index is 1.92. The molecule has 0 aliphatic rings. The van der Waals surface area contributed by atoms with Crippen molar-refractivity contribution in [1.82, 2.24) is 24.3 Å². The summed E-state index contributed by atoms with van der Waals surface area (Å²) in [7, 11) is 0. The van der Waals surface area contributed by atoms with Crippen LogP contribution < -0.4 is 5.32 Å². The molecule has 0 aliphatic heterocycles. The normalized spacial score (nSPS) is 10.9. The van der Waals surface area contributed by atoms with Gasteiger partial charge in [-0.25, -0.2) is 15.0 Å². The summed E-state index contributed by atoms with van der Waals surface area (Å²) in [5.41, 5.74) is 0.951. The molecule has 0 unspecified atom stereocenters. The lowest BCUT2D eigenvalue weighted by atomic mass is 10.3. The number of aromatic nitrogens is 5. The quantitative estimate of drug-likeness (QED) is 0.735. The van der Waals surface area contributed by atoms with Crippen molar-refractivity contribution < 1.29 is 0 Å². The first-order valence-corrected chi connectivity index (χ1v) is 5.91. The molecule has 7 heteroatoms. The van der Waals surface area contributed by atoms with Gasteiger partial charge in [0.25, 0.3) is 0 Å². The molecule has 3 rings (SSSR count). The van der Waals surface area contributed by atoms with E-state index in [9.17, 15) is 0 Å². The van der Waals surface area contributed by atoms with Crippen molar-refractivity contribution in [2.45, 2.75) is 13.5 Å². The molecule has 3 aromatic heterocycles. The Kier molecular flexibility index (Phi) is 2.45. The highest BCUT2D eigenvalue weighted by atomic mass is 32.1. The van der Waals surface area contributed by atoms with Gasteiger partial charge in [-0.15, -0.1) is 0 Å². The summed E-state index contributed by atoms with van der Waals surface area (Å²) in [5.74, 6) is 1.68. The molecule has 3 aromatic rings. The second-order valence-corrected chi connectivity index (χ2v) is 4.31. The standard InChI is InChI=1S/C10H10N6S/c1-6-8-9(13-4-7-11-2-3-12-7)14-5-15-10(8)17-16-6/h2-3,5H,4H2,1H3,(H,11,12)(H,13,14,15). The first-order chi connectivity index (χ1) is 8.34. The monoisotopic (exact) mass is 246 g/mol. The van der Waals surface area contributed by atoms with E-state index in [-0.39, 0.29) is 0 Å². The molecule has 0 spiro atoms. The zero-order valence-corrected chi connectivity index (χ0v) is 9.95. The van der Waals surface area contributed by atoms with E-state index in [1.165, 1.54) is 11.5 Å². The smallest absolute Gasteiger partial charge is 0.149 e. The van der Waals surface area contributed by atoms with Crippen molar-refractivity contribution in [3.8, 4) is 0 Å². The summed E-state index contributed by atoms with van der Waals surface area (Å²) in [6.07, 6.45) is 5.07. The molecule has 0 fully saturated rings. The number of nitrogens with zero attached hydrogens (tertiary/aromatic N) is 4. The predicted molar refractivity (Wildman–Crippen MR) is 65.9 cm³/mol. The summed E-state index contributed by atoms with van der Waals surface area (Å²) in [5, 5.41) is 4.23. The number of anilines is 1. The van der Waals surface area contributed by atoms with E-state index in [0.29, 0.717) is 6.54 Å². The van der Waals surface area contributed by atoms with Crippen molar-refractivity contribution in [2.75, 3.05) is 5.32 Å². The molecule has 3 heterocycles. The van der Waals surface area contributed by atoms with E-state index in [1.807, 2.05) is 6.92 Å². The zero-order chi connectivity index (χ0) is 11.7. The zero-order valence-electron chi connectivity index (χ0n) is 9.14. The van der Waals surface area contributed by atoms with Crippen LogP contribution in [0.2, 0.25) is 0 Å². The van der Waals surface area contributed by atoms with Crippen LogP contribution >= 0.6 is 11.5 Å². The van der Waals surface area contributed by atoms with E-state index in [2.05, 4.69) is 29.6 Å². The van der Waals surface area contributed by atoms with E-state index >= 15 is 0 Å². The minimum atomic E-state index is 0.606. The summed E-state index contributed by atoms with van der Waals surface area (Å²) in [4.78, 5) is 16.5. The lowest BCUT2D eigenvalue weighted by Crippen LogP contribution is -2.03. The van der Waals surface area contributed by atoms with E-state index < -0.39 is 0 Å². The van der Waals surface area contributed by atoms with Crippen LogP contribution in [0, 0.1) is 6.92 Å². The van der Waals surface area contributed by atoms with Crippen LogP contribution in [0.1, 0.15) is 11.5 Å². The Morgan fingerprint density at radius 1 is 1.35 bits per heavy atom. The summed E-state index contributed by atoms with van der Waals surface area (Å²) in [6.45, 7) is 2.56. The molecular formula is C10H10N6S. The number of nitrogens with one attached hydrogen (secondary N) is 2. The molecule has 0 radical (unpaired) electrons. The highest BCUT2D eigenvalue weighted by Crippen LogP contribution is 2.25. The molecule has 0 aromatic carbocycles. The van der Waals surface area contributed by atoms with Gasteiger partial charge in [-0.3, -0.25) is 0 Å². The first-order valence-electron chi connectivity index (χ1n) is 5.13. The van der Waals surface area contributed by atoms with Crippen LogP contribution in [0.5, 0.6) is 0 Å². The average Bonchev–Trinajstić information content (AvgIpc) is 2.97. The molecule has 17 heavy (non-hydrogen) atoms. The lowest BCUT2D eigenvalue weighted by Gasteiger charge is -2.04. The second kappa shape index (κ2) is 4.10. The van der Waals surface area contributed by atoms with Crippen LogP contribution in [-0.4, -0.2) is 24.3 Å². The van der Waals surface area contributed by atoms with Gasteiger partial charge in [0.2, 0.25) is 0 Å². The van der Waals surface area contributed by atoms with Crippen molar-refractivity contribution in [2.24, 2.45) is 0 Å². The summed E-state index contributed by atoms with van der Waals surface area (Å²) in [6, 6.07) is 0. The maximum absolute atomic E-state index is 4.28. The van der Waals surface area contributed by atoms with Crippen molar-refractivity contribution in [3.63, 3.8) is 0 Å². The molecule has 0 aliphatic carbocycles. The fraction of sp³-hybridized carbons (Fsp3) is 0.200. The van der Waals surface area contributed by atoms with Gasteiger partial charge in [-0.05, 0) is 18.5 Å². The van der Waals surface area contributed by atoms with Crippen LogP contribution in [-0.2, 0) is 6.54 Å².